The standard InChI is InChI=1S/C34H36N2O5/c1-26(19-27-13-16-31(39-2)17-14-27)36(21-28-9-5-3-6-10-28)22-34(41-25-38)30-15-18-33(32(20-30)35-24-37)40-23-29-11-7-4-8-12-29/h3-18,20,24-26,34H,19,21-23H2,1-2H3,(H,35,37). The molecule has 0 radical (unpaired) electrons. The van der Waals surface area contributed by atoms with Crippen molar-refractivity contribution in [2.45, 2.75) is 38.6 Å². The van der Waals surface area contributed by atoms with Crippen molar-refractivity contribution in [3.63, 3.8) is 0 Å². The van der Waals surface area contributed by atoms with Crippen LogP contribution in [0.5, 0.6) is 11.5 Å². The van der Waals surface area contributed by atoms with E-state index < -0.39 is 6.10 Å². The van der Waals surface area contributed by atoms with Gasteiger partial charge in [-0.05, 0) is 59.9 Å². The second kappa shape index (κ2) is 15.2. The monoisotopic (exact) mass is 552 g/mol. The Bertz CT molecular complexity index is 1360. The molecule has 2 unspecified atom stereocenters. The molecule has 0 fully saturated rings. The number of ether oxygens (including phenoxy) is 3. The first-order valence-electron chi connectivity index (χ1n) is 13.6. The van der Waals surface area contributed by atoms with Crippen LogP contribution in [0.1, 0.15) is 35.3 Å². The molecule has 0 bridgehead atoms. The molecule has 0 aliphatic carbocycles. The molecule has 0 aromatic heterocycles. The molecule has 1 N–H and O–H groups in total. The minimum Gasteiger partial charge on any atom is -0.497 e. The zero-order valence-electron chi connectivity index (χ0n) is 23.4. The molecular formula is C34H36N2O5. The molecule has 0 spiro atoms. The highest BCUT2D eigenvalue weighted by Crippen LogP contribution is 2.31. The summed E-state index contributed by atoms with van der Waals surface area (Å²) in [5.41, 5.74) is 4.61. The molecule has 4 rings (SSSR count). The number of benzene rings is 4. The number of hydrogen-bond donors (Lipinski definition) is 1. The number of carbonyl (C=O) groups excluding carboxylic acids is 2. The van der Waals surface area contributed by atoms with Crippen LogP contribution >= 0.6 is 0 Å². The quantitative estimate of drug-likeness (QED) is 0.167. The second-order valence-electron chi connectivity index (χ2n) is 9.83. The molecular weight excluding hydrogens is 516 g/mol. The van der Waals surface area contributed by atoms with Crippen molar-refractivity contribution in [3.8, 4) is 11.5 Å². The van der Waals surface area contributed by atoms with Gasteiger partial charge in [0.1, 0.15) is 24.2 Å². The second-order valence-corrected chi connectivity index (χ2v) is 9.83. The van der Waals surface area contributed by atoms with Crippen LogP contribution in [0.25, 0.3) is 0 Å². The molecule has 1 amide bonds. The Morgan fingerprint density at radius 1 is 0.829 bits per heavy atom. The van der Waals surface area contributed by atoms with Crippen LogP contribution in [-0.4, -0.2) is 37.5 Å². The first-order chi connectivity index (χ1) is 20.1. The first-order valence-corrected chi connectivity index (χ1v) is 13.6. The number of nitrogens with zero attached hydrogens (tertiary/aromatic N) is 1. The number of hydrogen-bond acceptors (Lipinski definition) is 6. The van der Waals surface area contributed by atoms with E-state index in [0.29, 0.717) is 44.0 Å². The lowest BCUT2D eigenvalue weighted by atomic mass is 10.0. The Hall–Kier alpha value is -4.62. The average Bonchev–Trinajstić information content (AvgIpc) is 3.01. The normalized spacial score (nSPS) is 12.3. The number of nitrogens with one attached hydrogen (secondary N) is 1. The topological polar surface area (TPSA) is 77.1 Å². The van der Waals surface area contributed by atoms with Crippen molar-refractivity contribution in [1.29, 1.82) is 0 Å². The van der Waals surface area contributed by atoms with Gasteiger partial charge < -0.3 is 19.5 Å². The van der Waals surface area contributed by atoms with Gasteiger partial charge in [-0.3, -0.25) is 14.5 Å². The van der Waals surface area contributed by atoms with Gasteiger partial charge in [-0.15, -0.1) is 0 Å². The van der Waals surface area contributed by atoms with Gasteiger partial charge in [0.05, 0.1) is 12.8 Å². The van der Waals surface area contributed by atoms with Crippen molar-refractivity contribution >= 4 is 18.6 Å². The number of rotatable bonds is 16. The summed E-state index contributed by atoms with van der Waals surface area (Å²) in [5.74, 6) is 1.35. The molecule has 7 heteroatoms. The fourth-order valence-corrected chi connectivity index (χ4v) is 4.74. The third-order valence-corrected chi connectivity index (χ3v) is 6.99. The maximum Gasteiger partial charge on any atom is 0.293 e. The summed E-state index contributed by atoms with van der Waals surface area (Å²) in [6.45, 7) is 4.14. The molecule has 0 heterocycles. The minimum absolute atomic E-state index is 0.127. The number of carbonyl (C=O) groups is 2. The van der Waals surface area contributed by atoms with Crippen LogP contribution in [0.15, 0.2) is 103 Å². The molecule has 0 aliphatic rings. The fraction of sp³-hybridized carbons (Fsp3) is 0.235. The zero-order chi connectivity index (χ0) is 28.9. The Morgan fingerprint density at radius 2 is 1.51 bits per heavy atom. The van der Waals surface area contributed by atoms with Crippen molar-refractivity contribution in [2.24, 2.45) is 0 Å². The van der Waals surface area contributed by atoms with E-state index in [9.17, 15) is 9.59 Å². The Morgan fingerprint density at radius 3 is 2.15 bits per heavy atom. The number of anilines is 1. The summed E-state index contributed by atoms with van der Waals surface area (Å²) in [7, 11) is 1.66. The lowest BCUT2D eigenvalue weighted by Gasteiger charge is -2.32. The lowest BCUT2D eigenvalue weighted by Crippen LogP contribution is -2.38. The van der Waals surface area contributed by atoms with E-state index in [1.165, 1.54) is 5.56 Å². The average molecular weight is 553 g/mol. The number of amides is 1. The molecule has 41 heavy (non-hydrogen) atoms. The van der Waals surface area contributed by atoms with Crippen LogP contribution in [0.3, 0.4) is 0 Å². The van der Waals surface area contributed by atoms with Crippen LogP contribution in [0.2, 0.25) is 0 Å². The van der Waals surface area contributed by atoms with E-state index in [0.717, 1.165) is 28.9 Å². The molecule has 7 nitrogen and oxygen atoms in total. The summed E-state index contributed by atoms with van der Waals surface area (Å²) >= 11 is 0. The van der Waals surface area contributed by atoms with E-state index in [-0.39, 0.29) is 6.04 Å². The largest absolute Gasteiger partial charge is 0.497 e. The van der Waals surface area contributed by atoms with E-state index in [4.69, 9.17) is 14.2 Å². The predicted octanol–water partition coefficient (Wildman–Crippen LogP) is 6.19. The molecule has 4 aromatic rings. The van der Waals surface area contributed by atoms with Crippen molar-refractivity contribution in [2.75, 3.05) is 19.0 Å². The summed E-state index contributed by atoms with van der Waals surface area (Å²) in [4.78, 5) is 25.4. The van der Waals surface area contributed by atoms with Gasteiger partial charge in [0.15, 0.2) is 0 Å². The Balaban J connectivity index is 1.56. The van der Waals surface area contributed by atoms with Gasteiger partial charge in [-0.1, -0.05) is 78.9 Å². The van der Waals surface area contributed by atoms with Crippen LogP contribution < -0.4 is 14.8 Å². The molecule has 212 valence electrons. The highest BCUT2D eigenvalue weighted by atomic mass is 16.5. The third kappa shape index (κ3) is 8.68. The van der Waals surface area contributed by atoms with E-state index in [1.54, 1.807) is 19.2 Å². The SMILES string of the molecule is COc1ccc(CC(C)N(Cc2ccccc2)CC(OC=O)c2ccc(OCc3ccccc3)c(NC=O)c2)cc1. The molecule has 0 saturated heterocycles. The predicted molar refractivity (Wildman–Crippen MR) is 160 cm³/mol. The van der Waals surface area contributed by atoms with Gasteiger partial charge in [-0.2, -0.15) is 0 Å². The molecule has 0 aliphatic heterocycles. The van der Waals surface area contributed by atoms with Crippen molar-refractivity contribution in [1.82, 2.24) is 4.90 Å². The Kier molecular flexibility index (Phi) is 10.9. The summed E-state index contributed by atoms with van der Waals surface area (Å²) in [5, 5.41) is 2.73. The molecule has 2 atom stereocenters. The minimum atomic E-state index is -0.565. The highest BCUT2D eigenvalue weighted by molar-refractivity contribution is 5.76. The summed E-state index contributed by atoms with van der Waals surface area (Å²) in [6.07, 6.45) is 0.849. The number of methoxy groups -OCH3 is 1. The smallest absolute Gasteiger partial charge is 0.293 e. The van der Waals surface area contributed by atoms with E-state index >= 15 is 0 Å². The van der Waals surface area contributed by atoms with Crippen LogP contribution in [0.4, 0.5) is 5.69 Å². The fourth-order valence-electron chi connectivity index (χ4n) is 4.74. The Labute approximate surface area is 241 Å². The van der Waals surface area contributed by atoms with Crippen LogP contribution in [-0.2, 0) is 33.9 Å². The van der Waals surface area contributed by atoms with E-state index in [1.807, 2.05) is 66.7 Å². The third-order valence-electron chi connectivity index (χ3n) is 6.99. The molecule has 4 aromatic carbocycles. The zero-order valence-corrected chi connectivity index (χ0v) is 23.4. The van der Waals surface area contributed by atoms with Gasteiger partial charge >= 0.3 is 0 Å². The van der Waals surface area contributed by atoms with Gasteiger partial charge in [0.25, 0.3) is 6.47 Å². The highest BCUT2D eigenvalue weighted by Gasteiger charge is 2.23. The summed E-state index contributed by atoms with van der Waals surface area (Å²) in [6, 6.07) is 33.7. The molecule has 0 saturated carbocycles. The van der Waals surface area contributed by atoms with Gasteiger partial charge in [0.2, 0.25) is 6.41 Å². The van der Waals surface area contributed by atoms with E-state index in [2.05, 4.69) is 41.4 Å². The summed E-state index contributed by atoms with van der Waals surface area (Å²) < 4.78 is 16.9. The van der Waals surface area contributed by atoms with Crippen LogP contribution in [0, 0.1) is 0 Å². The first kappa shape index (κ1) is 29.4. The lowest BCUT2D eigenvalue weighted by molar-refractivity contribution is -0.135. The van der Waals surface area contributed by atoms with Crippen molar-refractivity contribution in [3.05, 3.63) is 125 Å². The van der Waals surface area contributed by atoms with Crippen molar-refractivity contribution < 1.29 is 23.8 Å². The van der Waals surface area contributed by atoms with Gasteiger partial charge in [0, 0.05) is 19.1 Å². The maximum absolute atomic E-state index is 11.6. The maximum atomic E-state index is 11.6. The van der Waals surface area contributed by atoms with Gasteiger partial charge in [-0.25, -0.2) is 0 Å².